The van der Waals surface area contributed by atoms with Crippen molar-refractivity contribution < 1.29 is 23.8 Å². The summed E-state index contributed by atoms with van der Waals surface area (Å²) in [4.78, 5) is 31.3. The lowest BCUT2D eigenvalue weighted by molar-refractivity contribution is -0.143. The topological polar surface area (TPSA) is 77.4 Å². The molecule has 0 N–H and O–H groups in total. The molecule has 1 aliphatic rings. The number of hydrogen-bond acceptors (Lipinski definition) is 7. The number of nitrogens with zero attached hydrogens (tertiary/aromatic N) is 2. The van der Waals surface area contributed by atoms with Gasteiger partial charge in [0.2, 0.25) is 0 Å². The van der Waals surface area contributed by atoms with Crippen molar-refractivity contribution in [1.82, 2.24) is 4.90 Å². The molecule has 0 aliphatic carbocycles. The summed E-state index contributed by atoms with van der Waals surface area (Å²) in [7, 11) is 1.31. The molecule has 2 rings (SSSR count). The number of halogens is 1. The Morgan fingerprint density at radius 2 is 1.97 bits per heavy atom. The van der Waals surface area contributed by atoms with Gasteiger partial charge in [0.05, 0.1) is 22.2 Å². The Kier molecular flexibility index (Phi) is 9.02. The minimum absolute atomic E-state index is 0.0154. The Labute approximate surface area is 195 Å². The van der Waals surface area contributed by atoms with Gasteiger partial charge in [-0.15, -0.1) is 0 Å². The van der Waals surface area contributed by atoms with Crippen LogP contribution in [0.25, 0.3) is 6.08 Å². The molecule has 7 nitrogen and oxygen atoms in total. The Morgan fingerprint density at radius 3 is 2.53 bits per heavy atom. The molecule has 1 saturated heterocycles. The zero-order valence-corrected chi connectivity index (χ0v) is 21.0. The fourth-order valence-corrected chi connectivity index (χ4v) is 4.68. The van der Waals surface area contributed by atoms with Crippen LogP contribution in [0.5, 0.6) is 11.5 Å². The summed E-state index contributed by atoms with van der Waals surface area (Å²) in [5, 5.41) is 0.717. The first kappa shape index (κ1) is 24.5. The summed E-state index contributed by atoms with van der Waals surface area (Å²) < 4.78 is 16.7. The van der Waals surface area contributed by atoms with Crippen LogP contribution in [0, 0.1) is 3.57 Å². The highest BCUT2D eigenvalue weighted by Gasteiger charge is 2.35. The highest BCUT2D eigenvalue weighted by atomic mass is 127. The van der Waals surface area contributed by atoms with Gasteiger partial charge in [-0.3, -0.25) is 14.7 Å². The van der Waals surface area contributed by atoms with Gasteiger partial charge in [0.25, 0.3) is 5.91 Å². The summed E-state index contributed by atoms with van der Waals surface area (Å²) in [6, 6.07) is 3.80. The van der Waals surface area contributed by atoms with E-state index in [1.165, 1.54) is 18.9 Å². The zero-order valence-electron chi connectivity index (χ0n) is 18.0. The van der Waals surface area contributed by atoms with E-state index in [1.54, 1.807) is 11.0 Å². The molecule has 0 radical (unpaired) electrons. The minimum atomic E-state index is -0.474. The number of carbonyl (C=O) groups is 2. The summed E-state index contributed by atoms with van der Waals surface area (Å²) >= 11 is 3.50. The second-order valence-corrected chi connectivity index (χ2v) is 9.18. The van der Waals surface area contributed by atoms with Gasteiger partial charge < -0.3 is 14.2 Å². The van der Waals surface area contributed by atoms with Crippen molar-refractivity contribution in [1.29, 1.82) is 0 Å². The molecule has 1 fully saturated rings. The SMILES string of the molecule is CCOc1cc(/C=C2/SC(=NC(C)C)N(C(C)C)C2=O)cc(I)c1OCC(=O)OC. The van der Waals surface area contributed by atoms with Crippen molar-refractivity contribution in [2.75, 3.05) is 20.3 Å². The highest BCUT2D eigenvalue weighted by Crippen LogP contribution is 2.38. The third kappa shape index (κ3) is 6.13. The molecule has 0 spiro atoms. The molecule has 9 heteroatoms. The number of benzene rings is 1. The predicted molar refractivity (Wildman–Crippen MR) is 128 cm³/mol. The van der Waals surface area contributed by atoms with E-state index in [0.29, 0.717) is 28.2 Å². The van der Waals surface area contributed by atoms with Crippen LogP contribution in [0.1, 0.15) is 40.2 Å². The van der Waals surface area contributed by atoms with Crippen LogP contribution >= 0.6 is 34.4 Å². The molecule has 0 atom stereocenters. The summed E-state index contributed by atoms with van der Waals surface area (Å²) in [5.41, 5.74) is 0.804. The number of amidine groups is 1. The number of esters is 1. The quantitative estimate of drug-likeness (QED) is 0.275. The van der Waals surface area contributed by atoms with Gasteiger partial charge in [-0.2, -0.15) is 0 Å². The molecule has 164 valence electrons. The zero-order chi connectivity index (χ0) is 22.4. The molecule has 1 heterocycles. The van der Waals surface area contributed by atoms with Crippen molar-refractivity contribution in [3.8, 4) is 11.5 Å². The number of thioether (sulfide) groups is 1. The van der Waals surface area contributed by atoms with E-state index in [1.807, 2.05) is 46.8 Å². The van der Waals surface area contributed by atoms with Crippen molar-refractivity contribution in [3.63, 3.8) is 0 Å². The van der Waals surface area contributed by atoms with E-state index < -0.39 is 5.97 Å². The van der Waals surface area contributed by atoms with E-state index in [-0.39, 0.29) is 24.6 Å². The normalized spacial score (nSPS) is 16.8. The number of ether oxygens (including phenoxy) is 3. The number of carbonyl (C=O) groups excluding carboxylic acids is 2. The minimum Gasteiger partial charge on any atom is -0.490 e. The summed E-state index contributed by atoms with van der Waals surface area (Å²) in [6.07, 6.45) is 1.83. The Hall–Kier alpha value is -1.75. The molecule has 0 bridgehead atoms. The first-order valence-corrected chi connectivity index (χ1v) is 11.5. The number of methoxy groups -OCH3 is 1. The van der Waals surface area contributed by atoms with Gasteiger partial charge in [-0.1, -0.05) is 0 Å². The predicted octanol–water partition coefficient (Wildman–Crippen LogP) is 4.33. The monoisotopic (exact) mass is 546 g/mol. The number of rotatable bonds is 8. The maximum atomic E-state index is 13.0. The van der Waals surface area contributed by atoms with E-state index in [0.717, 1.165) is 9.13 Å². The third-order valence-corrected chi connectivity index (χ3v) is 5.71. The molecule has 0 aromatic heterocycles. The molecule has 1 aromatic carbocycles. The Balaban J connectivity index is 2.40. The van der Waals surface area contributed by atoms with E-state index >= 15 is 0 Å². The second-order valence-electron chi connectivity index (χ2n) is 7.01. The Morgan fingerprint density at radius 1 is 1.27 bits per heavy atom. The van der Waals surface area contributed by atoms with Crippen LogP contribution in [-0.4, -0.2) is 54.4 Å². The van der Waals surface area contributed by atoms with Crippen molar-refractivity contribution in [2.45, 2.75) is 46.7 Å². The van der Waals surface area contributed by atoms with Gasteiger partial charge in [-0.25, -0.2) is 4.79 Å². The molecule has 0 unspecified atom stereocenters. The van der Waals surface area contributed by atoms with Gasteiger partial charge in [-0.05, 0) is 92.7 Å². The van der Waals surface area contributed by atoms with E-state index in [2.05, 4.69) is 32.3 Å². The Bertz CT molecular complexity index is 867. The van der Waals surface area contributed by atoms with Gasteiger partial charge in [0.1, 0.15) is 0 Å². The van der Waals surface area contributed by atoms with Crippen LogP contribution in [0.15, 0.2) is 22.0 Å². The van der Waals surface area contributed by atoms with Gasteiger partial charge in [0.15, 0.2) is 23.3 Å². The van der Waals surface area contributed by atoms with Crippen LogP contribution in [0.4, 0.5) is 0 Å². The first-order chi connectivity index (χ1) is 14.2. The lowest BCUT2D eigenvalue weighted by Gasteiger charge is -2.20. The fourth-order valence-electron chi connectivity index (χ4n) is 2.67. The molecule has 1 aromatic rings. The summed E-state index contributed by atoms with van der Waals surface area (Å²) in [6.45, 7) is 10.0. The van der Waals surface area contributed by atoms with E-state index in [4.69, 9.17) is 9.47 Å². The van der Waals surface area contributed by atoms with Crippen LogP contribution < -0.4 is 9.47 Å². The van der Waals surface area contributed by atoms with Crippen LogP contribution in [0.2, 0.25) is 0 Å². The second kappa shape index (κ2) is 11.0. The average Bonchev–Trinajstić information content (AvgIpc) is 2.95. The van der Waals surface area contributed by atoms with Crippen LogP contribution in [0.3, 0.4) is 0 Å². The standard InChI is InChI=1S/C21H27IN2O5S/c1-7-28-16-9-14(8-15(22)19(16)29-11-18(25)27-6)10-17-20(26)24(13(4)5)21(30-17)23-12(2)3/h8-10,12-13H,7,11H2,1-6H3/b17-10+,23-21?. The number of hydrogen-bond donors (Lipinski definition) is 0. The molecule has 0 saturated carbocycles. The fraction of sp³-hybridized carbons (Fsp3) is 0.476. The smallest absolute Gasteiger partial charge is 0.343 e. The van der Waals surface area contributed by atoms with Crippen LogP contribution in [-0.2, 0) is 14.3 Å². The molecule has 30 heavy (non-hydrogen) atoms. The average molecular weight is 546 g/mol. The third-order valence-electron chi connectivity index (χ3n) is 3.91. The van der Waals surface area contributed by atoms with E-state index in [9.17, 15) is 9.59 Å². The molecule has 1 aliphatic heterocycles. The largest absolute Gasteiger partial charge is 0.490 e. The number of amides is 1. The van der Waals surface area contributed by atoms with Crippen molar-refractivity contribution in [3.05, 3.63) is 26.2 Å². The number of aliphatic imine (C=N–C) groups is 1. The maximum Gasteiger partial charge on any atom is 0.343 e. The van der Waals surface area contributed by atoms with Crippen molar-refractivity contribution >= 4 is 57.5 Å². The van der Waals surface area contributed by atoms with Gasteiger partial charge in [0, 0.05) is 12.1 Å². The molecular weight excluding hydrogens is 519 g/mol. The highest BCUT2D eigenvalue weighted by molar-refractivity contribution is 14.1. The summed E-state index contributed by atoms with van der Waals surface area (Å²) in [5.74, 6) is 0.445. The lowest BCUT2D eigenvalue weighted by Crippen LogP contribution is -2.35. The maximum absolute atomic E-state index is 13.0. The molecular formula is C21H27IN2O5S. The first-order valence-electron chi connectivity index (χ1n) is 9.64. The lowest BCUT2D eigenvalue weighted by atomic mass is 10.1. The molecule has 1 amide bonds. The van der Waals surface area contributed by atoms with Gasteiger partial charge >= 0.3 is 5.97 Å². The van der Waals surface area contributed by atoms with Crippen molar-refractivity contribution in [2.24, 2.45) is 4.99 Å².